The van der Waals surface area contributed by atoms with Crippen molar-refractivity contribution in [1.29, 1.82) is 0 Å². The number of rotatable bonds is 5. The van der Waals surface area contributed by atoms with E-state index in [1.807, 2.05) is 35.2 Å². The summed E-state index contributed by atoms with van der Waals surface area (Å²) in [5.41, 5.74) is 1.09. The third-order valence-corrected chi connectivity index (χ3v) is 3.90. The fourth-order valence-corrected chi connectivity index (χ4v) is 2.66. The number of amides is 1. The maximum atomic E-state index is 12.2. The highest BCUT2D eigenvalue weighted by Crippen LogP contribution is 2.16. The number of carbonyl (C=O) groups excluding carboxylic acids is 1. The molecule has 1 unspecified atom stereocenters. The van der Waals surface area contributed by atoms with E-state index >= 15 is 0 Å². The Morgan fingerprint density at radius 2 is 2.05 bits per heavy atom. The molecule has 5 heteroatoms. The van der Waals surface area contributed by atoms with Gasteiger partial charge in [-0.05, 0) is 24.9 Å². The molecule has 114 valence electrons. The Hall–Kier alpha value is -1.88. The molecule has 0 aliphatic carbocycles. The van der Waals surface area contributed by atoms with Crippen LogP contribution in [0.2, 0.25) is 0 Å². The summed E-state index contributed by atoms with van der Waals surface area (Å²) >= 11 is 0. The summed E-state index contributed by atoms with van der Waals surface area (Å²) in [4.78, 5) is 26.9. The van der Waals surface area contributed by atoms with Gasteiger partial charge in [-0.1, -0.05) is 30.3 Å². The van der Waals surface area contributed by atoms with E-state index in [4.69, 9.17) is 5.11 Å². The van der Waals surface area contributed by atoms with Crippen molar-refractivity contribution in [3.8, 4) is 0 Å². The van der Waals surface area contributed by atoms with Gasteiger partial charge in [-0.15, -0.1) is 0 Å². The lowest BCUT2D eigenvalue weighted by Crippen LogP contribution is -2.44. The normalized spacial score (nSPS) is 19.2. The van der Waals surface area contributed by atoms with E-state index in [9.17, 15) is 9.59 Å². The number of hydrogen-bond donors (Lipinski definition) is 1. The van der Waals surface area contributed by atoms with Crippen molar-refractivity contribution in [2.45, 2.75) is 19.4 Å². The minimum absolute atomic E-state index is 0.0323. The average molecular weight is 290 g/mol. The van der Waals surface area contributed by atoms with Gasteiger partial charge in [0.05, 0.1) is 12.5 Å². The fourth-order valence-electron chi connectivity index (χ4n) is 2.66. The molecule has 1 heterocycles. The topological polar surface area (TPSA) is 60.9 Å². The lowest BCUT2D eigenvalue weighted by molar-refractivity contribution is -0.144. The second-order valence-electron chi connectivity index (χ2n) is 5.65. The Labute approximate surface area is 125 Å². The van der Waals surface area contributed by atoms with Crippen molar-refractivity contribution in [2.75, 3.05) is 26.7 Å². The van der Waals surface area contributed by atoms with Gasteiger partial charge in [-0.25, -0.2) is 0 Å². The predicted octanol–water partition coefficient (Wildman–Crippen LogP) is 1.44. The lowest BCUT2D eigenvalue weighted by atomic mass is 9.98. The van der Waals surface area contributed by atoms with Gasteiger partial charge < -0.3 is 10.0 Å². The van der Waals surface area contributed by atoms with Crippen LogP contribution < -0.4 is 0 Å². The zero-order valence-corrected chi connectivity index (χ0v) is 12.4. The van der Waals surface area contributed by atoms with Gasteiger partial charge in [0, 0.05) is 20.1 Å². The number of benzene rings is 1. The highest BCUT2D eigenvalue weighted by atomic mass is 16.4. The minimum atomic E-state index is -0.759. The molecule has 1 saturated heterocycles. The van der Waals surface area contributed by atoms with Gasteiger partial charge in [0.15, 0.2) is 0 Å². The largest absolute Gasteiger partial charge is 0.481 e. The highest BCUT2D eigenvalue weighted by Gasteiger charge is 2.26. The SMILES string of the molecule is CN(Cc1ccccc1)C(=O)CN1CCCC(C(=O)O)C1. The van der Waals surface area contributed by atoms with E-state index in [1.165, 1.54) is 0 Å². The van der Waals surface area contributed by atoms with E-state index in [-0.39, 0.29) is 11.8 Å². The van der Waals surface area contributed by atoms with Gasteiger partial charge in [0.1, 0.15) is 0 Å². The predicted molar refractivity (Wildman–Crippen MR) is 79.7 cm³/mol. The Bertz CT molecular complexity index is 490. The molecule has 1 aliphatic heterocycles. The second kappa shape index (κ2) is 7.22. The Balaban J connectivity index is 1.84. The summed E-state index contributed by atoms with van der Waals surface area (Å²) in [6.45, 7) is 2.15. The quantitative estimate of drug-likeness (QED) is 0.891. The minimum Gasteiger partial charge on any atom is -0.481 e. The van der Waals surface area contributed by atoms with Crippen molar-refractivity contribution >= 4 is 11.9 Å². The molecular formula is C16H22N2O3. The molecule has 1 aromatic carbocycles. The first-order chi connectivity index (χ1) is 10.1. The molecular weight excluding hydrogens is 268 g/mol. The van der Waals surface area contributed by atoms with Crippen LogP contribution in [0.3, 0.4) is 0 Å². The maximum Gasteiger partial charge on any atom is 0.307 e. The van der Waals surface area contributed by atoms with Crippen LogP contribution in [0.25, 0.3) is 0 Å². The smallest absolute Gasteiger partial charge is 0.307 e. The van der Waals surface area contributed by atoms with Gasteiger partial charge in [-0.2, -0.15) is 0 Å². The number of carboxylic acid groups (broad SMARTS) is 1. The number of likely N-dealkylation sites (tertiary alicyclic amines) is 1. The first-order valence-electron chi connectivity index (χ1n) is 7.29. The average Bonchev–Trinajstić information content (AvgIpc) is 2.48. The number of piperidine rings is 1. The molecule has 1 N–H and O–H groups in total. The zero-order valence-electron chi connectivity index (χ0n) is 12.4. The molecule has 1 aromatic rings. The zero-order chi connectivity index (χ0) is 15.2. The molecule has 0 radical (unpaired) electrons. The van der Waals surface area contributed by atoms with Gasteiger partial charge in [0.25, 0.3) is 0 Å². The van der Waals surface area contributed by atoms with Gasteiger partial charge in [0.2, 0.25) is 5.91 Å². The Morgan fingerprint density at radius 1 is 1.33 bits per heavy atom. The van der Waals surface area contributed by atoms with Crippen molar-refractivity contribution in [1.82, 2.24) is 9.80 Å². The molecule has 1 atom stereocenters. The van der Waals surface area contributed by atoms with Crippen LogP contribution in [0.1, 0.15) is 18.4 Å². The van der Waals surface area contributed by atoms with Gasteiger partial charge in [-0.3, -0.25) is 14.5 Å². The van der Waals surface area contributed by atoms with Crippen LogP contribution >= 0.6 is 0 Å². The summed E-state index contributed by atoms with van der Waals surface area (Å²) in [6, 6.07) is 9.84. The molecule has 1 amide bonds. The molecule has 0 spiro atoms. The van der Waals surface area contributed by atoms with E-state index in [2.05, 4.69) is 0 Å². The first-order valence-corrected chi connectivity index (χ1v) is 7.29. The molecule has 0 saturated carbocycles. The van der Waals surface area contributed by atoms with Crippen molar-refractivity contribution < 1.29 is 14.7 Å². The second-order valence-corrected chi connectivity index (χ2v) is 5.65. The van der Waals surface area contributed by atoms with Gasteiger partial charge >= 0.3 is 5.97 Å². The van der Waals surface area contributed by atoms with Crippen LogP contribution in [0.5, 0.6) is 0 Å². The summed E-state index contributed by atoms with van der Waals surface area (Å²) in [5.74, 6) is -1.07. The van der Waals surface area contributed by atoms with Crippen molar-refractivity contribution in [3.63, 3.8) is 0 Å². The number of carboxylic acids is 1. The van der Waals surface area contributed by atoms with Crippen LogP contribution in [0.15, 0.2) is 30.3 Å². The van der Waals surface area contributed by atoms with Crippen molar-refractivity contribution in [3.05, 3.63) is 35.9 Å². The molecule has 0 aromatic heterocycles. The number of aliphatic carboxylic acids is 1. The van der Waals surface area contributed by atoms with Crippen LogP contribution in [0, 0.1) is 5.92 Å². The van der Waals surface area contributed by atoms with Crippen LogP contribution in [-0.4, -0.2) is 53.5 Å². The number of carbonyl (C=O) groups is 2. The van der Waals surface area contributed by atoms with E-state index in [1.54, 1.807) is 11.9 Å². The summed E-state index contributed by atoms with van der Waals surface area (Å²) in [6.07, 6.45) is 1.55. The van der Waals surface area contributed by atoms with E-state index in [0.717, 1.165) is 18.5 Å². The highest BCUT2D eigenvalue weighted by molar-refractivity contribution is 5.78. The fraction of sp³-hybridized carbons (Fsp3) is 0.500. The lowest BCUT2D eigenvalue weighted by Gasteiger charge is -2.31. The molecule has 5 nitrogen and oxygen atoms in total. The molecule has 0 bridgehead atoms. The summed E-state index contributed by atoms with van der Waals surface area (Å²) in [7, 11) is 1.79. The third-order valence-electron chi connectivity index (χ3n) is 3.90. The number of nitrogens with zero attached hydrogens (tertiary/aromatic N) is 2. The molecule has 2 rings (SSSR count). The Kier molecular flexibility index (Phi) is 5.33. The monoisotopic (exact) mass is 290 g/mol. The molecule has 21 heavy (non-hydrogen) atoms. The summed E-state index contributed by atoms with van der Waals surface area (Å²) in [5, 5.41) is 9.07. The molecule has 1 aliphatic rings. The van der Waals surface area contributed by atoms with Crippen molar-refractivity contribution in [2.24, 2.45) is 5.92 Å². The van der Waals surface area contributed by atoms with Crippen LogP contribution in [-0.2, 0) is 16.1 Å². The molecule has 1 fully saturated rings. The first kappa shape index (κ1) is 15.5. The standard InChI is InChI=1S/C16H22N2O3/c1-17(10-13-6-3-2-4-7-13)15(19)12-18-9-5-8-14(11-18)16(20)21/h2-4,6-7,14H,5,8-12H2,1H3,(H,20,21). The van der Waals surface area contributed by atoms with E-state index in [0.29, 0.717) is 26.1 Å². The number of hydrogen-bond acceptors (Lipinski definition) is 3. The maximum absolute atomic E-state index is 12.2. The van der Waals surface area contributed by atoms with Crippen LogP contribution in [0.4, 0.5) is 0 Å². The summed E-state index contributed by atoms with van der Waals surface area (Å²) < 4.78 is 0. The number of likely N-dealkylation sites (N-methyl/N-ethyl adjacent to an activating group) is 1. The van der Waals surface area contributed by atoms with E-state index < -0.39 is 5.97 Å². The Morgan fingerprint density at radius 3 is 2.71 bits per heavy atom. The third kappa shape index (κ3) is 4.56.